The second-order valence-corrected chi connectivity index (χ2v) is 26.4. The van der Waals surface area contributed by atoms with E-state index in [0.717, 1.165) is 11.4 Å². The molecule has 12 rings (SSSR count). The zero-order valence-corrected chi connectivity index (χ0v) is 36.4. The summed E-state index contributed by atoms with van der Waals surface area (Å²) in [5, 5.41) is 13.7. The van der Waals surface area contributed by atoms with Gasteiger partial charge in [-0.15, -0.1) is 0 Å². The lowest BCUT2D eigenvalue weighted by molar-refractivity contribution is 1.30. The van der Waals surface area contributed by atoms with E-state index in [1.165, 1.54) is 98.1 Å². The van der Waals surface area contributed by atoms with E-state index in [-0.39, 0.29) is 0 Å². The maximum absolute atomic E-state index is 2.51. The van der Waals surface area contributed by atoms with Gasteiger partial charge in [-0.2, -0.15) is 0 Å². The van der Waals surface area contributed by atoms with Crippen molar-refractivity contribution < 1.29 is 0 Å². The van der Waals surface area contributed by atoms with Crippen molar-refractivity contribution in [3.63, 3.8) is 0 Å². The quantitative estimate of drug-likeness (QED) is 0.122. The lowest BCUT2D eigenvalue weighted by Gasteiger charge is -2.30. The fourth-order valence-corrected chi connectivity index (χ4v) is 17.0. The standard InChI is InChI=1S/C56H44N2Si2/c1-59(2)51-21-13-11-19-43(51)45-31-27-41(35-53(45)59)57(39-15-7-5-8-16-39)49-33-25-37-24-30-48-50(34-26-38-23-29-47(49)55(37)56(38)48)58(40-17-9-6-10-18-40)42-28-32-46-44-20-12-14-22-52(44)60(3,4)54(46)36-42/h5-36H,1-4H3. The Morgan fingerprint density at radius 1 is 0.300 bits per heavy atom. The van der Waals surface area contributed by atoms with Crippen LogP contribution in [0, 0.1) is 0 Å². The van der Waals surface area contributed by atoms with Gasteiger partial charge < -0.3 is 9.80 Å². The maximum atomic E-state index is 2.51. The van der Waals surface area contributed by atoms with Crippen LogP contribution in [0.1, 0.15) is 0 Å². The van der Waals surface area contributed by atoms with E-state index in [0.29, 0.717) is 0 Å². The average molecular weight is 801 g/mol. The number of benzene rings is 10. The number of anilines is 6. The first kappa shape index (κ1) is 35.2. The van der Waals surface area contributed by atoms with Crippen LogP contribution in [0.2, 0.25) is 26.2 Å². The second-order valence-electron chi connectivity index (χ2n) is 17.7. The van der Waals surface area contributed by atoms with Crippen molar-refractivity contribution >= 4 is 103 Å². The van der Waals surface area contributed by atoms with Crippen LogP contribution in [0.4, 0.5) is 34.1 Å². The van der Waals surface area contributed by atoms with Crippen molar-refractivity contribution in [2.24, 2.45) is 0 Å². The molecular weight excluding hydrogens is 757 g/mol. The van der Waals surface area contributed by atoms with Gasteiger partial charge in [0.25, 0.3) is 0 Å². The number of nitrogens with zero attached hydrogens (tertiary/aromatic N) is 2. The zero-order chi connectivity index (χ0) is 40.3. The van der Waals surface area contributed by atoms with Crippen molar-refractivity contribution in [1.29, 1.82) is 0 Å². The highest BCUT2D eigenvalue weighted by Gasteiger charge is 2.39. The van der Waals surface area contributed by atoms with E-state index in [1.807, 2.05) is 0 Å². The van der Waals surface area contributed by atoms with Crippen molar-refractivity contribution in [3.05, 3.63) is 194 Å². The van der Waals surface area contributed by atoms with E-state index < -0.39 is 16.1 Å². The van der Waals surface area contributed by atoms with Crippen molar-refractivity contribution in [1.82, 2.24) is 0 Å². The molecule has 60 heavy (non-hydrogen) atoms. The topological polar surface area (TPSA) is 6.48 Å². The summed E-state index contributed by atoms with van der Waals surface area (Å²) in [7, 11) is -3.80. The molecule has 0 N–H and O–H groups in total. The van der Waals surface area contributed by atoms with E-state index in [9.17, 15) is 0 Å². The Morgan fingerprint density at radius 2 is 0.667 bits per heavy atom. The number of fused-ring (bicyclic) bond motifs is 6. The van der Waals surface area contributed by atoms with Crippen LogP contribution in [0.3, 0.4) is 0 Å². The molecule has 0 radical (unpaired) electrons. The van der Waals surface area contributed by atoms with E-state index in [1.54, 1.807) is 0 Å². The van der Waals surface area contributed by atoms with Crippen LogP contribution >= 0.6 is 0 Å². The Bertz CT molecular complexity index is 3110. The monoisotopic (exact) mass is 800 g/mol. The Morgan fingerprint density at radius 3 is 1.10 bits per heavy atom. The summed E-state index contributed by atoms with van der Waals surface area (Å²) < 4.78 is 0. The number of para-hydroxylation sites is 2. The summed E-state index contributed by atoms with van der Waals surface area (Å²) in [6.07, 6.45) is 0. The van der Waals surface area contributed by atoms with Gasteiger partial charge in [0.2, 0.25) is 0 Å². The summed E-state index contributed by atoms with van der Waals surface area (Å²) in [5.74, 6) is 0. The molecule has 10 aromatic carbocycles. The smallest absolute Gasteiger partial charge is 0.113 e. The minimum atomic E-state index is -1.90. The molecule has 0 saturated heterocycles. The molecule has 0 aliphatic carbocycles. The molecule has 2 nitrogen and oxygen atoms in total. The molecule has 2 aliphatic heterocycles. The molecule has 4 heteroatoms. The summed E-state index contributed by atoms with van der Waals surface area (Å²) in [4.78, 5) is 4.98. The molecule has 0 atom stereocenters. The third-order valence-corrected chi connectivity index (χ3v) is 20.9. The fourth-order valence-electron chi connectivity index (χ4n) is 10.8. The Labute approximate surface area is 354 Å². The van der Waals surface area contributed by atoms with Gasteiger partial charge in [0, 0.05) is 33.5 Å². The zero-order valence-electron chi connectivity index (χ0n) is 34.4. The first-order valence-corrected chi connectivity index (χ1v) is 27.2. The molecule has 0 bridgehead atoms. The van der Waals surface area contributed by atoms with E-state index in [2.05, 4.69) is 230 Å². The molecule has 0 saturated carbocycles. The predicted octanol–water partition coefficient (Wildman–Crippen LogP) is 13.1. The molecule has 2 aliphatic rings. The second kappa shape index (κ2) is 12.9. The molecule has 286 valence electrons. The van der Waals surface area contributed by atoms with Crippen molar-refractivity contribution in [2.45, 2.75) is 26.2 Å². The summed E-state index contributed by atoms with van der Waals surface area (Å²) >= 11 is 0. The average Bonchev–Trinajstić information content (AvgIpc) is 3.66. The Hall–Kier alpha value is -6.73. The number of hydrogen-bond acceptors (Lipinski definition) is 2. The van der Waals surface area contributed by atoms with Crippen molar-refractivity contribution in [3.8, 4) is 22.3 Å². The Balaban J connectivity index is 1.07. The van der Waals surface area contributed by atoms with Gasteiger partial charge >= 0.3 is 0 Å². The first-order valence-electron chi connectivity index (χ1n) is 21.2. The van der Waals surface area contributed by atoms with E-state index in [4.69, 9.17) is 0 Å². The van der Waals surface area contributed by atoms with Crippen LogP contribution in [-0.4, -0.2) is 16.1 Å². The van der Waals surface area contributed by atoms with Crippen molar-refractivity contribution in [2.75, 3.05) is 9.80 Å². The van der Waals surface area contributed by atoms with Gasteiger partial charge in [-0.05, 0) is 125 Å². The highest BCUT2D eigenvalue weighted by atomic mass is 28.3. The van der Waals surface area contributed by atoms with Crippen LogP contribution in [0.15, 0.2) is 194 Å². The highest BCUT2D eigenvalue weighted by molar-refractivity contribution is 7.04. The van der Waals surface area contributed by atoms with Crippen LogP contribution in [-0.2, 0) is 0 Å². The lowest BCUT2D eigenvalue weighted by Crippen LogP contribution is -2.49. The Kier molecular flexibility index (Phi) is 7.57. The number of rotatable bonds is 6. The molecule has 0 unspecified atom stereocenters. The molecule has 10 aromatic rings. The molecule has 0 amide bonds. The van der Waals surface area contributed by atoms with Gasteiger partial charge in [-0.1, -0.05) is 160 Å². The highest BCUT2D eigenvalue weighted by Crippen LogP contribution is 2.48. The molecule has 0 fully saturated rings. The molecular formula is C56H44N2Si2. The third-order valence-electron chi connectivity index (χ3n) is 13.8. The first-order chi connectivity index (χ1) is 29.3. The van der Waals surface area contributed by atoms with Gasteiger partial charge in [-0.25, -0.2) is 0 Å². The summed E-state index contributed by atoms with van der Waals surface area (Å²) in [5.41, 5.74) is 12.7. The van der Waals surface area contributed by atoms with Gasteiger partial charge in [-0.3, -0.25) is 0 Å². The maximum Gasteiger partial charge on any atom is 0.113 e. The fraction of sp³-hybridized carbons (Fsp3) is 0.0714. The number of hydrogen-bond donors (Lipinski definition) is 0. The normalized spacial score (nSPS) is 14.3. The van der Waals surface area contributed by atoms with Crippen LogP contribution in [0.25, 0.3) is 54.6 Å². The third kappa shape index (κ3) is 4.98. The van der Waals surface area contributed by atoms with Crippen LogP contribution < -0.4 is 30.5 Å². The summed E-state index contributed by atoms with van der Waals surface area (Å²) in [6, 6.07) is 73.1. The molecule has 2 heterocycles. The van der Waals surface area contributed by atoms with E-state index >= 15 is 0 Å². The molecule has 0 aromatic heterocycles. The van der Waals surface area contributed by atoms with Gasteiger partial charge in [0.1, 0.15) is 16.1 Å². The predicted molar refractivity (Wildman–Crippen MR) is 264 cm³/mol. The minimum absolute atomic E-state index is 1.16. The van der Waals surface area contributed by atoms with Gasteiger partial charge in [0.15, 0.2) is 0 Å². The summed E-state index contributed by atoms with van der Waals surface area (Å²) in [6.45, 7) is 10.0. The lowest BCUT2D eigenvalue weighted by atomic mass is 9.91. The molecule has 0 spiro atoms. The van der Waals surface area contributed by atoms with Crippen LogP contribution in [0.5, 0.6) is 0 Å². The largest absolute Gasteiger partial charge is 0.310 e. The van der Waals surface area contributed by atoms with Gasteiger partial charge in [0.05, 0.1) is 11.4 Å². The minimum Gasteiger partial charge on any atom is -0.310 e. The SMILES string of the molecule is C[Si]1(C)c2ccccc2-c2ccc(N(c3ccccc3)c3ccc4ccc5c(N(c6ccccc6)c6ccc7c(c6)[Si](C)(C)c6ccccc6-7)ccc6ccc3c4c65)cc21.